The fourth-order valence-corrected chi connectivity index (χ4v) is 5.23. The Balaban J connectivity index is 1.82. The third-order valence-electron chi connectivity index (χ3n) is 4.56. The fourth-order valence-electron chi connectivity index (χ4n) is 3.15. The Kier molecular flexibility index (Phi) is 6.61. The number of hydrogen-bond donors (Lipinski definition) is 1. The largest absolute Gasteiger partial charge is 0.324 e. The minimum atomic E-state index is -3.59. The number of aromatic nitrogens is 2. The van der Waals surface area contributed by atoms with Crippen molar-refractivity contribution < 1.29 is 13.2 Å². The van der Waals surface area contributed by atoms with Crippen LogP contribution >= 0.6 is 11.8 Å². The van der Waals surface area contributed by atoms with Crippen LogP contribution in [0.5, 0.6) is 0 Å². The third kappa shape index (κ3) is 4.47. The molecule has 0 aliphatic carbocycles. The summed E-state index contributed by atoms with van der Waals surface area (Å²) in [7, 11) is -3.59. The summed E-state index contributed by atoms with van der Waals surface area (Å²) in [6, 6.07) is 14.0. The van der Waals surface area contributed by atoms with Crippen LogP contribution in [0, 0.1) is 0 Å². The predicted molar refractivity (Wildman–Crippen MR) is 117 cm³/mol. The molecule has 1 heterocycles. The third-order valence-corrected chi connectivity index (χ3v) is 7.29. The zero-order valence-corrected chi connectivity index (χ0v) is 18.3. The van der Waals surface area contributed by atoms with Crippen LogP contribution in [-0.4, -0.2) is 47.5 Å². The maximum atomic E-state index is 12.7. The van der Waals surface area contributed by atoms with Gasteiger partial charge in [0.1, 0.15) is 6.54 Å². The van der Waals surface area contributed by atoms with E-state index in [1.807, 2.05) is 35.1 Å². The van der Waals surface area contributed by atoms with E-state index in [4.69, 9.17) is 0 Å². The Morgan fingerprint density at radius 3 is 2.55 bits per heavy atom. The first-order chi connectivity index (χ1) is 13.9. The molecule has 0 saturated carbocycles. The highest BCUT2D eigenvalue weighted by atomic mass is 32.2. The number of hydrogen-bond acceptors (Lipinski definition) is 5. The number of nitrogens with zero attached hydrogens (tertiary/aromatic N) is 3. The highest BCUT2D eigenvalue weighted by Gasteiger charge is 2.22. The zero-order valence-electron chi connectivity index (χ0n) is 16.6. The molecule has 2 aromatic carbocycles. The molecule has 3 rings (SSSR count). The molecular weight excluding hydrogens is 408 g/mol. The first-order valence-electron chi connectivity index (χ1n) is 9.30. The monoisotopic (exact) mass is 432 g/mol. The molecule has 1 N–H and O–H groups in total. The number of nitrogens with one attached hydrogen (secondary N) is 1. The quantitative estimate of drug-likeness (QED) is 0.551. The first kappa shape index (κ1) is 21.4. The number of thioether (sulfide) groups is 1. The van der Waals surface area contributed by atoms with Gasteiger partial charge < -0.3 is 9.88 Å². The zero-order chi connectivity index (χ0) is 21.0. The molecule has 9 heteroatoms. The minimum absolute atomic E-state index is 0.0870. The van der Waals surface area contributed by atoms with Crippen molar-refractivity contribution in [3.05, 3.63) is 48.5 Å². The van der Waals surface area contributed by atoms with Crippen molar-refractivity contribution in [1.82, 2.24) is 13.9 Å². The molecule has 3 aromatic rings. The van der Waals surface area contributed by atoms with E-state index in [1.54, 1.807) is 32.0 Å². The standard InChI is InChI=1S/C20H24N4O3S2/c1-4-23(5-2)29(26,27)16-10-8-9-15(13-16)21-19(25)14-24-18-12-7-6-11-17(18)22-20(24)28-3/h6-13H,4-5,14H2,1-3H3,(H,21,25). The Morgan fingerprint density at radius 2 is 1.86 bits per heavy atom. The summed E-state index contributed by atoms with van der Waals surface area (Å²) >= 11 is 1.47. The van der Waals surface area contributed by atoms with Crippen molar-refractivity contribution in [3.63, 3.8) is 0 Å². The van der Waals surface area contributed by atoms with E-state index < -0.39 is 10.0 Å². The van der Waals surface area contributed by atoms with Gasteiger partial charge in [0, 0.05) is 18.8 Å². The van der Waals surface area contributed by atoms with Gasteiger partial charge in [0.05, 0.1) is 15.9 Å². The van der Waals surface area contributed by atoms with Gasteiger partial charge in [-0.15, -0.1) is 0 Å². The predicted octanol–water partition coefficient (Wildman–Crippen LogP) is 3.43. The normalized spacial score (nSPS) is 11.9. The molecule has 7 nitrogen and oxygen atoms in total. The van der Waals surface area contributed by atoms with Crippen LogP contribution in [-0.2, 0) is 21.4 Å². The molecule has 0 bridgehead atoms. The average molecular weight is 433 g/mol. The molecule has 0 aliphatic heterocycles. The van der Waals surface area contributed by atoms with Gasteiger partial charge in [-0.25, -0.2) is 13.4 Å². The van der Waals surface area contributed by atoms with Crippen LogP contribution in [0.4, 0.5) is 5.69 Å². The summed E-state index contributed by atoms with van der Waals surface area (Å²) in [5, 5.41) is 3.55. The van der Waals surface area contributed by atoms with Crippen LogP contribution in [0.2, 0.25) is 0 Å². The molecule has 0 atom stereocenters. The maximum Gasteiger partial charge on any atom is 0.244 e. The molecule has 1 aromatic heterocycles. The van der Waals surface area contributed by atoms with Gasteiger partial charge in [0.25, 0.3) is 0 Å². The van der Waals surface area contributed by atoms with Crippen molar-refractivity contribution in [1.29, 1.82) is 0 Å². The molecule has 29 heavy (non-hydrogen) atoms. The summed E-state index contributed by atoms with van der Waals surface area (Å²) in [4.78, 5) is 17.4. The summed E-state index contributed by atoms with van der Waals surface area (Å²) < 4.78 is 28.7. The first-order valence-corrected chi connectivity index (χ1v) is 12.0. The maximum absolute atomic E-state index is 12.7. The van der Waals surface area contributed by atoms with E-state index in [9.17, 15) is 13.2 Å². The van der Waals surface area contributed by atoms with Gasteiger partial charge in [0.15, 0.2) is 5.16 Å². The lowest BCUT2D eigenvalue weighted by molar-refractivity contribution is -0.116. The number of carbonyl (C=O) groups excluding carboxylic acids is 1. The van der Waals surface area contributed by atoms with E-state index in [1.165, 1.54) is 22.1 Å². The Hall–Kier alpha value is -2.36. The smallest absolute Gasteiger partial charge is 0.244 e. The summed E-state index contributed by atoms with van der Waals surface area (Å²) in [6.45, 7) is 4.46. The van der Waals surface area contributed by atoms with Gasteiger partial charge in [-0.05, 0) is 36.6 Å². The van der Waals surface area contributed by atoms with Crippen LogP contribution in [0.3, 0.4) is 0 Å². The molecule has 0 spiro atoms. The molecule has 0 saturated heterocycles. The number of para-hydroxylation sites is 2. The summed E-state index contributed by atoms with van der Waals surface area (Å²) in [5.41, 5.74) is 2.15. The molecule has 154 valence electrons. The number of amides is 1. The minimum Gasteiger partial charge on any atom is -0.324 e. The highest BCUT2D eigenvalue weighted by Crippen LogP contribution is 2.23. The van der Waals surface area contributed by atoms with Crippen LogP contribution in [0.25, 0.3) is 11.0 Å². The molecule has 0 unspecified atom stereocenters. The van der Waals surface area contributed by atoms with E-state index in [2.05, 4.69) is 10.3 Å². The van der Waals surface area contributed by atoms with Gasteiger partial charge in [0.2, 0.25) is 15.9 Å². The van der Waals surface area contributed by atoms with Crippen molar-refractivity contribution >= 4 is 44.4 Å². The SMILES string of the molecule is CCN(CC)S(=O)(=O)c1cccc(NC(=O)Cn2c(SC)nc3ccccc32)c1. The fraction of sp³-hybridized carbons (Fsp3) is 0.300. The highest BCUT2D eigenvalue weighted by molar-refractivity contribution is 7.98. The summed E-state index contributed by atoms with van der Waals surface area (Å²) in [6.07, 6.45) is 1.91. The van der Waals surface area contributed by atoms with Crippen LogP contribution in [0.1, 0.15) is 13.8 Å². The number of carbonyl (C=O) groups is 1. The second-order valence-corrected chi connectivity index (χ2v) is 9.05. The van der Waals surface area contributed by atoms with E-state index >= 15 is 0 Å². The van der Waals surface area contributed by atoms with Crippen molar-refractivity contribution in [2.45, 2.75) is 30.4 Å². The average Bonchev–Trinajstić information content (AvgIpc) is 3.06. The lowest BCUT2D eigenvalue weighted by atomic mass is 10.3. The van der Waals surface area contributed by atoms with Crippen LogP contribution in [0.15, 0.2) is 58.6 Å². The Labute approximate surface area is 175 Å². The summed E-state index contributed by atoms with van der Waals surface area (Å²) in [5.74, 6) is -0.249. The van der Waals surface area contributed by atoms with Gasteiger partial charge in [-0.2, -0.15) is 4.31 Å². The Morgan fingerprint density at radius 1 is 1.14 bits per heavy atom. The number of benzene rings is 2. The van der Waals surface area contributed by atoms with Gasteiger partial charge in [-0.3, -0.25) is 4.79 Å². The van der Waals surface area contributed by atoms with Crippen molar-refractivity contribution in [3.8, 4) is 0 Å². The van der Waals surface area contributed by atoms with Gasteiger partial charge in [-0.1, -0.05) is 43.8 Å². The van der Waals surface area contributed by atoms with Crippen molar-refractivity contribution in [2.75, 3.05) is 24.7 Å². The number of rotatable bonds is 8. The molecule has 0 radical (unpaired) electrons. The topological polar surface area (TPSA) is 84.3 Å². The van der Waals surface area contributed by atoms with E-state index in [0.29, 0.717) is 18.8 Å². The number of sulfonamides is 1. The number of imidazole rings is 1. The number of anilines is 1. The number of fused-ring (bicyclic) bond motifs is 1. The lowest BCUT2D eigenvalue weighted by Crippen LogP contribution is -2.30. The molecule has 1 amide bonds. The second-order valence-electron chi connectivity index (χ2n) is 6.34. The van der Waals surface area contributed by atoms with Crippen LogP contribution < -0.4 is 5.32 Å². The van der Waals surface area contributed by atoms with Gasteiger partial charge >= 0.3 is 0 Å². The molecule has 0 fully saturated rings. The lowest BCUT2D eigenvalue weighted by Gasteiger charge is -2.19. The molecular formula is C20H24N4O3S2. The van der Waals surface area contributed by atoms with Crippen molar-refractivity contribution in [2.24, 2.45) is 0 Å². The Bertz CT molecular complexity index is 1120. The van der Waals surface area contributed by atoms with E-state index in [-0.39, 0.29) is 17.3 Å². The second kappa shape index (κ2) is 8.98. The molecule has 0 aliphatic rings. The van der Waals surface area contributed by atoms with E-state index in [0.717, 1.165) is 16.2 Å².